The number of nitrogens with one attached hydrogen (secondary N) is 2. The van der Waals surface area contributed by atoms with E-state index in [2.05, 4.69) is 32.4 Å². The quantitative estimate of drug-likeness (QED) is 0.506. The largest absolute Gasteiger partial charge is 0.347 e. The van der Waals surface area contributed by atoms with E-state index in [0.29, 0.717) is 11.6 Å². The number of hydrogen-bond acceptors (Lipinski definition) is 5. The minimum Gasteiger partial charge on any atom is -0.347 e. The van der Waals surface area contributed by atoms with E-state index in [9.17, 15) is 4.79 Å². The highest BCUT2D eigenvalue weighted by atomic mass is 16.2. The van der Waals surface area contributed by atoms with Crippen LogP contribution in [0.2, 0.25) is 0 Å². The summed E-state index contributed by atoms with van der Waals surface area (Å²) in [4.78, 5) is 26.0. The predicted octanol–water partition coefficient (Wildman–Crippen LogP) is 3.05. The van der Waals surface area contributed by atoms with Crippen molar-refractivity contribution in [2.75, 3.05) is 0 Å². The molecule has 1 atom stereocenters. The van der Waals surface area contributed by atoms with Crippen LogP contribution in [0.3, 0.4) is 0 Å². The van der Waals surface area contributed by atoms with Gasteiger partial charge in [-0.3, -0.25) is 14.9 Å². The second-order valence-electron chi connectivity index (χ2n) is 6.87. The first-order valence-electron chi connectivity index (χ1n) is 9.72. The molecule has 1 amide bonds. The Morgan fingerprint density at radius 1 is 1.17 bits per heavy atom. The van der Waals surface area contributed by atoms with Gasteiger partial charge in [0.2, 0.25) is 5.91 Å². The van der Waals surface area contributed by atoms with E-state index in [1.807, 2.05) is 47.9 Å². The molecule has 29 heavy (non-hydrogen) atoms. The van der Waals surface area contributed by atoms with Crippen molar-refractivity contribution in [1.82, 2.24) is 35.0 Å². The number of carbonyl (C=O) groups is 1. The fourth-order valence-corrected chi connectivity index (χ4v) is 3.37. The number of fused-ring (bicyclic) bond motifs is 1. The molecule has 0 aliphatic heterocycles. The number of benzene rings is 1. The zero-order valence-corrected chi connectivity index (χ0v) is 16.5. The molecule has 3 aromatic heterocycles. The lowest BCUT2D eigenvalue weighted by molar-refractivity contribution is -0.124. The molecule has 0 bridgehead atoms. The smallest absolute Gasteiger partial charge is 0.243 e. The number of aromatic amines is 1. The Hall–Kier alpha value is -3.55. The van der Waals surface area contributed by atoms with Gasteiger partial charge >= 0.3 is 0 Å². The average Bonchev–Trinajstić information content (AvgIpc) is 3.37. The zero-order valence-electron chi connectivity index (χ0n) is 16.5. The van der Waals surface area contributed by atoms with Gasteiger partial charge in [-0.25, -0.2) is 9.97 Å². The highest BCUT2D eigenvalue weighted by molar-refractivity contribution is 5.84. The van der Waals surface area contributed by atoms with Crippen molar-refractivity contribution < 1.29 is 4.79 Å². The first kappa shape index (κ1) is 18.8. The summed E-state index contributed by atoms with van der Waals surface area (Å²) >= 11 is 0. The van der Waals surface area contributed by atoms with E-state index < -0.39 is 0 Å². The molecule has 2 N–H and O–H groups in total. The average molecular weight is 389 g/mol. The highest BCUT2D eigenvalue weighted by Crippen LogP contribution is 2.22. The Bertz CT molecular complexity index is 1120. The van der Waals surface area contributed by atoms with E-state index in [1.54, 1.807) is 12.4 Å². The number of rotatable bonds is 7. The Labute approximate surface area is 168 Å². The van der Waals surface area contributed by atoms with Gasteiger partial charge in [0.1, 0.15) is 17.7 Å². The van der Waals surface area contributed by atoms with E-state index >= 15 is 0 Å². The van der Waals surface area contributed by atoms with Crippen molar-refractivity contribution in [2.45, 2.75) is 39.3 Å². The molecule has 0 aliphatic carbocycles. The van der Waals surface area contributed by atoms with Gasteiger partial charge in [-0.2, -0.15) is 5.10 Å². The van der Waals surface area contributed by atoms with Gasteiger partial charge in [0.15, 0.2) is 5.82 Å². The fourth-order valence-electron chi connectivity index (χ4n) is 3.37. The van der Waals surface area contributed by atoms with Crippen molar-refractivity contribution in [3.63, 3.8) is 0 Å². The molecule has 0 unspecified atom stereocenters. The molecule has 148 valence electrons. The molecule has 0 radical (unpaired) electrons. The van der Waals surface area contributed by atoms with Gasteiger partial charge in [0.25, 0.3) is 0 Å². The van der Waals surface area contributed by atoms with Gasteiger partial charge < -0.3 is 9.88 Å². The van der Waals surface area contributed by atoms with Crippen LogP contribution in [-0.4, -0.2) is 35.6 Å². The number of pyridine rings is 1. The molecule has 8 heteroatoms. The molecular weight excluding hydrogens is 366 g/mol. The van der Waals surface area contributed by atoms with Crippen LogP contribution in [0.5, 0.6) is 0 Å². The van der Waals surface area contributed by atoms with E-state index in [1.165, 1.54) is 0 Å². The molecule has 0 saturated heterocycles. The van der Waals surface area contributed by atoms with Gasteiger partial charge in [0.05, 0.1) is 17.6 Å². The Morgan fingerprint density at radius 2 is 1.97 bits per heavy atom. The van der Waals surface area contributed by atoms with Crippen LogP contribution in [0.15, 0.2) is 48.8 Å². The third-order valence-electron chi connectivity index (χ3n) is 4.81. The monoisotopic (exact) mass is 389 g/mol. The van der Waals surface area contributed by atoms with Crippen molar-refractivity contribution >= 4 is 16.9 Å². The number of H-pyrrole nitrogens is 1. The minimum atomic E-state index is -0.383. The molecule has 0 spiro atoms. The maximum absolute atomic E-state index is 12.9. The molecule has 1 aromatic carbocycles. The van der Waals surface area contributed by atoms with Gasteiger partial charge in [-0.05, 0) is 37.6 Å². The van der Waals surface area contributed by atoms with Crippen LogP contribution in [0.4, 0.5) is 0 Å². The van der Waals surface area contributed by atoms with E-state index in [0.717, 1.165) is 35.3 Å². The molecule has 4 rings (SSSR count). The summed E-state index contributed by atoms with van der Waals surface area (Å²) in [5.41, 5.74) is 2.75. The third kappa shape index (κ3) is 3.87. The van der Waals surface area contributed by atoms with Crippen molar-refractivity contribution in [1.29, 1.82) is 0 Å². The molecular formula is C21H23N7O. The number of imidazole rings is 1. The number of aromatic nitrogens is 6. The topological polar surface area (TPSA) is 101 Å². The summed E-state index contributed by atoms with van der Waals surface area (Å²) in [6.07, 6.45) is 5.17. The van der Waals surface area contributed by atoms with Gasteiger partial charge in [-0.15, -0.1) is 0 Å². The zero-order chi connectivity index (χ0) is 20.2. The molecule has 4 aromatic rings. The molecule has 8 nitrogen and oxygen atoms in total. The SMILES string of the molecule is CCCc1nc2ccccc2n1[C@H](C)C(=O)NCc1nc(-c2ccncc2)n[nH]1. The third-order valence-corrected chi connectivity index (χ3v) is 4.81. The molecule has 3 heterocycles. The number of para-hydroxylation sites is 2. The van der Waals surface area contributed by atoms with Gasteiger partial charge in [0, 0.05) is 24.4 Å². The minimum absolute atomic E-state index is 0.0904. The summed E-state index contributed by atoms with van der Waals surface area (Å²) in [6, 6.07) is 11.2. The Kier molecular flexibility index (Phi) is 5.33. The van der Waals surface area contributed by atoms with Crippen molar-refractivity contribution in [3.05, 3.63) is 60.4 Å². The van der Waals surface area contributed by atoms with Crippen molar-refractivity contribution in [2.24, 2.45) is 0 Å². The second-order valence-corrected chi connectivity index (χ2v) is 6.87. The summed E-state index contributed by atoms with van der Waals surface area (Å²) in [5.74, 6) is 2.01. The van der Waals surface area contributed by atoms with Gasteiger partial charge in [-0.1, -0.05) is 19.1 Å². The maximum Gasteiger partial charge on any atom is 0.243 e. The Morgan fingerprint density at radius 3 is 2.76 bits per heavy atom. The summed E-state index contributed by atoms with van der Waals surface area (Å²) in [5, 5.41) is 10.0. The number of amides is 1. The second kappa shape index (κ2) is 8.22. The summed E-state index contributed by atoms with van der Waals surface area (Å²) in [7, 11) is 0. The van der Waals surface area contributed by atoms with Crippen LogP contribution < -0.4 is 5.32 Å². The van der Waals surface area contributed by atoms with Crippen LogP contribution in [0.1, 0.15) is 38.0 Å². The fraction of sp³-hybridized carbons (Fsp3) is 0.286. The first-order valence-corrected chi connectivity index (χ1v) is 9.72. The highest BCUT2D eigenvalue weighted by Gasteiger charge is 2.21. The lowest BCUT2D eigenvalue weighted by atomic mass is 10.2. The number of aryl methyl sites for hydroxylation is 1. The standard InChI is InChI=1S/C21H23N7O/c1-3-6-19-24-16-7-4-5-8-17(16)28(19)14(2)21(29)23-13-18-25-20(27-26-18)15-9-11-22-12-10-15/h4-5,7-12,14H,3,6,13H2,1-2H3,(H,23,29)(H,25,26,27)/t14-/m1/s1. The van der Waals surface area contributed by atoms with Crippen LogP contribution in [0.25, 0.3) is 22.4 Å². The Balaban J connectivity index is 1.49. The number of nitrogens with zero attached hydrogens (tertiary/aromatic N) is 5. The van der Waals surface area contributed by atoms with Crippen LogP contribution >= 0.6 is 0 Å². The number of hydrogen-bond donors (Lipinski definition) is 2. The normalized spacial score (nSPS) is 12.2. The lowest BCUT2D eigenvalue weighted by Gasteiger charge is -2.17. The predicted molar refractivity (Wildman–Crippen MR) is 110 cm³/mol. The number of carbonyl (C=O) groups excluding carboxylic acids is 1. The molecule has 0 fully saturated rings. The molecule has 0 aliphatic rings. The lowest BCUT2D eigenvalue weighted by Crippen LogP contribution is -2.31. The van der Waals surface area contributed by atoms with Crippen LogP contribution in [-0.2, 0) is 17.8 Å². The van der Waals surface area contributed by atoms with E-state index in [-0.39, 0.29) is 18.5 Å². The molecule has 0 saturated carbocycles. The van der Waals surface area contributed by atoms with E-state index in [4.69, 9.17) is 4.98 Å². The summed E-state index contributed by atoms with van der Waals surface area (Å²) < 4.78 is 2.02. The first-order chi connectivity index (χ1) is 14.2. The maximum atomic E-state index is 12.9. The van der Waals surface area contributed by atoms with Crippen LogP contribution in [0, 0.1) is 0 Å². The summed E-state index contributed by atoms with van der Waals surface area (Å²) in [6.45, 7) is 4.28. The van der Waals surface area contributed by atoms with Crippen molar-refractivity contribution in [3.8, 4) is 11.4 Å².